The number of amides is 1. The van der Waals surface area contributed by atoms with Crippen molar-refractivity contribution in [3.8, 4) is 6.07 Å². The van der Waals surface area contributed by atoms with Crippen LogP contribution in [0.3, 0.4) is 0 Å². The molecule has 0 unspecified atom stereocenters. The molecule has 1 amide bonds. The standard InChI is InChI=1S/C22H20ClN3O2/c1-3-15-6-7-21(23)26-20(15)8-14(2)11-25-22(27)16-4-5-17-12-28-13-18(10-24)19(17)9-16/h3-9,18H,2,11-13H2,1H3,(H,25,27)/b15-3-,20-8+/t18-/m1/s1. The van der Waals surface area contributed by atoms with Crippen LogP contribution in [0.1, 0.15) is 34.3 Å². The minimum atomic E-state index is -0.350. The molecule has 0 radical (unpaired) electrons. The summed E-state index contributed by atoms with van der Waals surface area (Å²) in [6.07, 6.45) is 3.74. The van der Waals surface area contributed by atoms with Gasteiger partial charge in [0.05, 0.1) is 30.6 Å². The third-order valence-electron chi connectivity index (χ3n) is 4.53. The van der Waals surface area contributed by atoms with E-state index in [1.54, 1.807) is 24.3 Å². The van der Waals surface area contributed by atoms with Crippen LogP contribution in [0, 0.1) is 11.3 Å². The van der Waals surface area contributed by atoms with E-state index in [0.29, 0.717) is 34.9 Å². The molecule has 3 rings (SSSR count). The summed E-state index contributed by atoms with van der Waals surface area (Å²) in [5.74, 6) is -0.570. The lowest BCUT2D eigenvalue weighted by Gasteiger charge is -2.21. The fraction of sp³-hybridized carbons (Fsp3) is 0.227. The molecule has 0 saturated heterocycles. The second-order valence-corrected chi connectivity index (χ2v) is 6.88. The summed E-state index contributed by atoms with van der Waals surface area (Å²) >= 11 is 5.97. The monoisotopic (exact) mass is 393 g/mol. The summed E-state index contributed by atoms with van der Waals surface area (Å²) in [4.78, 5) is 16.8. The van der Waals surface area contributed by atoms with Gasteiger partial charge in [0.1, 0.15) is 5.15 Å². The van der Waals surface area contributed by atoms with E-state index in [1.807, 2.05) is 25.1 Å². The lowest BCUT2D eigenvalue weighted by molar-refractivity contribution is 0.0952. The van der Waals surface area contributed by atoms with Crippen LogP contribution in [-0.4, -0.2) is 24.0 Å². The van der Waals surface area contributed by atoms with Crippen molar-refractivity contribution in [1.29, 1.82) is 5.26 Å². The predicted octanol–water partition coefficient (Wildman–Crippen LogP) is 2.44. The number of carbonyl (C=O) groups excluding carboxylic acids is 1. The maximum atomic E-state index is 12.5. The topological polar surface area (TPSA) is 75.0 Å². The molecular weight excluding hydrogens is 374 g/mol. The summed E-state index contributed by atoms with van der Waals surface area (Å²) in [7, 11) is 0. The number of fused-ring (bicyclic) bond motifs is 1. The third kappa shape index (κ3) is 4.48. The molecule has 0 fully saturated rings. The van der Waals surface area contributed by atoms with Gasteiger partial charge in [-0.2, -0.15) is 5.26 Å². The molecule has 28 heavy (non-hydrogen) atoms. The van der Waals surface area contributed by atoms with E-state index in [0.717, 1.165) is 16.3 Å². The molecule has 1 aromatic carbocycles. The fourth-order valence-corrected chi connectivity index (χ4v) is 3.19. The molecule has 0 spiro atoms. The molecule has 1 aliphatic rings. The molecule has 0 saturated carbocycles. The van der Waals surface area contributed by atoms with E-state index in [-0.39, 0.29) is 18.4 Å². The van der Waals surface area contributed by atoms with Crippen LogP contribution in [-0.2, 0) is 11.3 Å². The normalized spacial score (nSPS) is 17.0. The minimum Gasteiger partial charge on any atom is -0.375 e. The summed E-state index contributed by atoms with van der Waals surface area (Å²) < 4.78 is 5.41. The number of nitrogens with zero attached hydrogens (tertiary/aromatic N) is 2. The maximum absolute atomic E-state index is 12.5. The van der Waals surface area contributed by atoms with Crippen LogP contribution in [0.2, 0.25) is 5.15 Å². The Morgan fingerprint density at radius 1 is 1.46 bits per heavy atom. The molecule has 2 heterocycles. The van der Waals surface area contributed by atoms with Crippen LogP contribution < -0.4 is 15.9 Å². The minimum absolute atomic E-state index is 0.220. The lowest BCUT2D eigenvalue weighted by atomic mass is 9.92. The first-order valence-electron chi connectivity index (χ1n) is 8.88. The Balaban J connectivity index is 1.73. The first kappa shape index (κ1) is 19.8. The van der Waals surface area contributed by atoms with Crippen molar-refractivity contribution in [3.05, 3.63) is 74.9 Å². The number of nitrogens with one attached hydrogen (secondary N) is 1. The van der Waals surface area contributed by atoms with Gasteiger partial charge < -0.3 is 10.1 Å². The average Bonchev–Trinajstić information content (AvgIpc) is 2.71. The Morgan fingerprint density at radius 2 is 2.29 bits per heavy atom. The average molecular weight is 394 g/mol. The van der Waals surface area contributed by atoms with Gasteiger partial charge in [-0.25, -0.2) is 4.98 Å². The van der Waals surface area contributed by atoms with Gasteiger partial charge in [-0.1, -0.05) is 36.4 Å². The number of carbonyl (C=O) groups is 1. The zero-order valence-corrected chi connectivity index (χ0v) is 16.3. The van der Waals surface area contributed by atoms with E-state index >= 15 is 0 Å². The summed E-state index contributed by atoms with van der Waals surface area (Å²) in [5, 5.41) is 14.2. The molecule has 5 nitrogen and oxygen atoms in total. The van der Waals surface area contributed by atoms with Crippen molar-refractivity contribution < 1.29 is 9.53 Å². The number of aromatic nitrogens is 1. The van der Waals surface area contributed by atoms with E-state index in [1.165, 1.54) is 0 Å². The quantitative estimate of drug-likeness (QED) is 0.809. The van der Waals surface area contributed by atoms with Gasteiger partial charge in [0.2, 0.25) is 0 Å². The second-order valence-electron chi connectivity index (χ2n) is 6.49. The van der Waals surface area contributed by atoms with Crippen molar-refractivity contribution in [3.63, 3.8) is 0 Å². The zero-order valence-electron chi connectivity index (χ0n) is 15.5. The summed E-state index contributed by atoms with van der Waals surface area (Å²) in [6, 6.07) is 11.2. The van der Waals surface area contributed by atoms with Crippen molar-refractivity contribution in [2.45, 2.75) is 19.4 Å². The number of rotatable bonds is 4. The molecule has 1 N–H and O–H groups in total. The van der Waals surface area contributed by atoms with Gasteiger partial charge in [-0.05, 0) is 53.1 Å². The maximum Gasteiger partial charge on any atom is 0.251 e. The zero-order chi connectivity index (χ0) is 20.1. The number of pyridine rings is 1. The van der Waals surface area contributed by atoms with Crippen LogP contribution in [0.15, 0.2) is 42.5 Å². The van der Waals surface area contributed by atoms with E-state index < -0.39 is 0 Å². The highest BCUT2D eigenvalue weighted by atomic mass is 35.5. The second kappa shape index (κ2) is 8.83. The molecule has 0 bridgehead atoms. The Morgan fingerprint density at radius 3 is 3.04 bits per heavy atom. The largest absolute Gasteiger partial charge is 0.375 e. The number of hydrogen-bond acceptors (Lipinski definition) is 4. The third-order valence-corrected chi connectivity index (χ3v) is 4.74. The van der Waals surface area contributed by atoms with Gasteiger partial charge in [0, 0.05) is 12.1 Å². The van der Waals surface area contributed by atoms with Crippen LogP contribution >= 0.6 is 11.6 Å². The predicted molar refractivity (Wildman–Crippen MR) is 109 cm³/mol. The lowest BCUT2D eigenvalue weighted by Crippen LogP contribution is -2.30. The number of ether oxygens (including phenoxy) is 1. The van der Waals surface area contributed by atoms with Gasteiger partial charge in [-0.15, -0.1) is 0 Å². The SMILES string of the molecule is C=C(/C=c1/nc(Cl)cc/c1=C/C)CNC(=O)c1ccc2c(c1)[C@H](C#N)COC2. The van der Waals surface area contributed by atoms with Crippen molar-refractivity contribution >= 4 is 29.7 Å². The van der Waals surface area contributed by atoms with E-state index in [2.05, 4.69) is 22.9 Å². The first-order valence-corrected chi connectivity index (χ1v) is 9.26. The molecule has 1 aromatic heterocycles. The van der Waals surface area contributed by atoms with E-state index in [9.17, 15) is 10.1 Å². The fourth-order valence-electron chi connectivity index (χ4n) is 3.04. The van der Waals surface area contributed by atoms with Crippen molar-refractivity contribution in [2.75, 3.05) is 13.2 Å². The van der Waals surface area contributed by atoms with Gasteiger partial charge >= 0.3 is 0 Å². The van der Waals surface area contributed by atoms with Gasteiger partial charge in [0.15, 0.2) is 0 Å². The Kier molecular flexibility index (Phi) is 6.25. The van der Waals surface area contributed by atoms with Crippen LogP contribution in [0.5, 0.6) is 0 Å². The Bertz CT molecular complexity index is 1090. The first-order chi connectivity index (χ1) is 13.5. The van der Waals surface area contributed by atoms with Gasteiger partial charge in [-0.3, -0.25) is 4.79 Å². The Hall–Kier alpha value is -2.94. The van der Waals surface area contributed by atoms with Crippen molar-refractivity contribution in [1.82, 2.24) is 10.3 Å². The summed E-state index contributed by atoms with van der Waals surface area (Å²) in [5.41, 5.74) is 3.02. The Labute approximate surface area is 168 Å². The highest BCUT2D eigenvalue weighted by Gasteiger charge is 2.21. The molecule has 142 valence electrons. The highest BCUT2D eigenvalue weighted by Crippen LogP contribution is 2.27. The van der Waals surface area contributed by atoms with Gasteiger partial charge in [0.25, 0.3) is 5.91 Å². The molecular formula is C22H20ClN3O2. The molecule has 0 aliphatic carbocycles. The number of halogens is 1. The van der Waals surface area contributed by atoms with Crippen molar-refractivity contribution in [2.24, 2.45) is 0 Å². The molecule has 6 heteroatoms. The van der Waals surface area contributed by atoms with Crippen LogP contribution in [0.25, 0.3) is 12.2 Å². The number of hydrogen-bond donors (Lipinski definition) is 1. The smallest absolute Gasteiger partial charge is 0.251 e. The summed E-state index contributed by atoms with van der Waals surface area (Å²) in [6.45, 7) is 7.00. The van der Waals surface area contributed by atoms with Crippen LogP contribution in [0.4, 0.5) is 0 Å². The molecule has 1 aliphatic heterocycles. The molecule has 2 aromatic rings. The molecule has 1 atom stereocenters. The highest BCUT2D eigenvalue weighted by molar-refractivity contribution is 6.29. The van der Waals surface area contributed by atoms with E-state index in [4.69, 9.17) is 16.3 Å². The number of nitriles is 1. The number of benzene rings is 1.